The molecule has 4 atom stereocenters. The van der Waals surface area contributed by atoms with Gasteiger partial charge < -0.3 is 9.47 Å². The van der Waals surface area contributed by atoms with Crippen LogP contribution in [0.3, 0.4) is 0 Å². The van der Waals surface area contributed by atoms with Gasteiger partial charge in [-0.25, -0.2) is 9.59 Å². The molecule has 0 aromatic heterocycles. The molecule has 2 aliphatic heterocycles. The number of ether oxygens (including phenoxy) is 2. The molecule has 2 heterocycles. The summed E-state index contributed by atoms with van der Waals surface area (Å²) in [5, 5.41) is 2.96. The molecule has 11 heteroatoms. The Morgan fingerprint density at radius 3 is 1.26 bits per heavy atom. The van der Waals surface area contributed by atoms with Crippen LogP contribution in [0.15, 0.2) is 24.3 Å². The number of hydrogen-bond acceptors (Lipinski definition) is 11. The maximum absolute atomic E-state index is 11.4. The van der Waals surface area contributed by atoms with E-state index in [-0.39, 0.29) is 11.9 Å². The van der Waals surface area contributed by atoms with Crippen LogP contribution < -0.4 is 0 Å². The average Bonchev–Trinajstić information content (AvgIpc) is 2.85. The Morgan fingerprint density at radius 2 is 0.971 bits per heavy atom. The quantitative estimate of drug-likeness (QED) is 0.119. The molecule has 0 aliphatic carbocycles. The molecular formula is C24H38O4S7. The van der Waals surface area contributed by atoms with Gasteiger partial charge in [-0.15, -0.1) is 0 Å². The molecule has 0 amide bonds. The van der Waals surface area contributed by atoms with Gasteiger partial charge in [-0.2, -0.15) is 82.3 Å². The van der Waals surface area contributed by atoms with Crippen LogP contribution in [0.4, 0.5) is 0 Å². The summed E-state index contributed by atoms with van der Waals surface area (Å²) in [5.41, 5.74) is 0.935. The van der Waals surface area contributed by atoms with Gasteiger partial charge in [0.2, 0.25) is 0 Å². The predicted octanol–water partition coefficient (Wildman–Crippen LogP) is 5.86. The third-order valence-corrected chi connectivity index (χ3v) is 15.7. The van der Waals surface area contributed by atoms with E-state index in [1.165, 1.54) is 34.5 Å². The minimum absolute atomic E-state index is 0.284. The third kappa shape index (κ3) is 14.6. The average molecular weight is 615 g/mol. The molecule has 0 aromatic rings. The molecule has 2 aliphatic rings. The van der Waals surface area contributed by atoms with E-state index >= 15 is 0 Å². The number of carbonyl (C=O) groups is 2. The molecule has 4 unspecified atom stereocenters. The van der Waals surface area contributed by atoms with Crippen molar-refractivity contribution in [2.24, 2.45) is 0 Å². The Kier molecular flexibility index (Phi) is 17.4. The maximum Gasteiger partial charge on any atom is 0.333 e. The summed E-state index contributed by atoms with van der Waals surface area (Å²) in [5.74, 6) is 10.9. The molecule has 0 aromatic carbocycles. The monoisotopic (exact) mass is 614 g/mol. The fourth-order valence-corrected chi connectivity index (χ4v) is 13.5. The Bertz CT molecular complexity index is 619. The number of rotatable bonds is 16. The summed E-state index contributed by atoms with van der Waals surface area (Å²) in [6.45, 7) is 11.5. The fraction of sp³-hybridized carbons (Fsp3) is 0.750. The van der Waals surface area contributed by atoms with Crippen molar-refractivity contribution in [1.29, 1.82) is 0 Å². The van der Waals surface area contributed by atoms with Crippen LogP contribution in [-0.2, 0) is 19.1 Å². The van der Waals surface area contributed by atoms with Crippen molar-refractivity contribution in [3.8, 4) is 0 Å². The lowest BCUT2D eigenvalue weighted by molar-refractivity contribution is -0.139. The first-order valence-electron chi connectivity index (χ1n) is 11.7. The molecular weight excluding hydrogens is 577 g/mol. The smallest absolute Gasteiger partial charge is 0.333 e. The summed E-state index contributed by atoms with van der Waals surface area (Å²) in [6.07, 6.45) is 0. The first-order valence-corrected chi connectivity index (χ1v) is 19.4. The van der Waals surface area contributed by atoms with Crippen LogP contribution in [0, 0.1) is 0 Å². The molecule has 2 fully saturated rings. The molecule has 200 valence electrons. The zero-order valence-electron chi connectivity index (χ0n) is 20.7. The van der Waals surface area contributed by atoms with Gasteiger partial charge in [-0.05, 0) is 13.8 Å². The maximum atomic E-state index is 11.4. The highest BCUT2D eigenvalue weighted by atomic mass is 32.2. The molecule has 0 N–H and O–H groups in total. The Hall–Kier alpha value is 0.870. The van der Waals surface area contributed by atoms with Crippen molar-refractivity contribution >= 4 is 94.3 Å². The van der Waals surface area contributed by atoms with Crippen molar-refractivity contribution in [1.82, 2.24) is 0 Å². The van der Waals surface area contributed by atoms with Gasteiger partial charge in [0.05, 0.1) is 0 Å². The first-order chi connectivity index (χ1) is 16.8. The molecule has 2 saturated heterocycles. The third-order valence-electron chi connectivity index (χ3n) is 4.90. The number of esters is 2. The van der Waals surface area contributed by atoms with Gasteiger partial charge in [0, 0.05) is 89.7 Å². The zero-order chi connectivity index (χ0) is 25.5. The summed E-state index contributed by atoms with van der Waals surface area (Å²) >= 11 is 14.4. The molecule has 0 spiro atoms. The lowest BCUT2D eigenvalue weighted by Crippen LogP contribution is -2.27. The second kappa shape index (κ2) is 19.0. The predicted molar refractivity (Wildman–Crippen MR) is 169 cm³/mol. The fourth-order valence-electron chi connectivity index (χ4n) is 2.94. The first kappa shape index (κ1) is 32.1. The normalized spacial score (nSPS) is 24.5. The highest BCUT2D eigenvalue weighted by Crippen LogP contribution is 2.36. The van der Waals surface area contributed by atoms with E-state index < -0.39 is 0 Å². The molecule has 35 heavy (non-hydrogen) atoms. The van der Waals surface area contributed by atoms with Crippen LogP contribution in [0.5, 0.6) is 0 Å². The number of carbonyl (C=O) groups excluding carboxylic acids is 2. The van der Waals surface area contributed by atoms with Crippen LogP contribution >= 0.6 is 82.3 Å². The van der Waals surface area contributed by atoms with Crippen LogP contribution in [0.2, 0.25) is 0 Å². The van der Waals surface area contributed by atoms with Gasteiger partial charge in [0.1, 0.15) is 13.2 Å². The van der Waals surface area contributed by atoms with Crippen molar-refractivity contribution in [2.45, 2.75) is 34.8 Å². The largest absolute Gasteiger partial charge is 0.461 e. The molecule has 0 saturated carbocycles. The summed E-state index contributed by atoms with van der Waals surface area (Å²) < 4.78 is 10.3. The Balaban J connectivity index is 1.42. The molecule has 4 nitrogen and oxygen atoms in total. The standard InChI is InChI=1S/C24H38O4S7/c1-17(2)23(25)27-5-7-29-9-19-13-34-21(15-32-19)11-31-12-22-16-33-20(14-35-22)10-30-8-6-28-24(26)18(3)4/h19-22H,1,3,5-16H2,2,4H3. The van der Waals surface area contributed by atoms with Gasteiger partial charge in [0.15, 0.2) is 0 Å². The van der Waals surface area contributed by atoms with Gasteiger partial charge in [-0.3, -0.25) is 0 Å². The molecule has 0 bridgehead atoms. The lowest BCUT2D eigenvalue weighted by Gasteiger charge is -2.29. The minimum atomic E-state index is -0.284. The minimum Gasteiger partial charge on any atom is -0.461 e. The highest BCUT2D eigenvalue weighted by Gasteiger charge is 2.25. The topological polar surface area (TPSA) is 52.6 Å². The van der Waals surface area contributed by atoms with E-state index in [9.17, 15) is 9.59 Å². The van der Waals surface area contributed by atoms with E-state index in [1.54, 1.807) is 13.8 Å². The molecule has 2 rings (SSSR count). The van der Waals surface area contributed by atoms with Gasteiger partial charge in [0.25, 0.3) is 0 Å². The van der Waals surface area contributed by atoms with Gasteiger partial charge >= 0.3 is 11.9 Å². The Morgan fingerprint density at radius 1 is 0.657 bits per heavy atom. The summed E-state index contributed by atoms with van der Waals surface area (Å²) in [4.78, 5) is 22.8. The molecule has 0 radical (unpaired) electrons. The van der Waals surface area contributed by atoms with E-state index in [1.807, 2.05) is 23.5 Å². The summed E-state index contributed by atoms with van der Waals surface area (Å²) in [6, 6.07) is 0. The Labute approximate surface area is 241 Å². The second-order valence-corrected chi connectivity index (χ2v) is 17.0. The number of thioether (sulfide) groups is 7. The van der Waals surface area contributed by atoms with E-state index in [0.29, 0.717) is 34.9 Å². The van der Waals surface area contributed by atoms with Crippen molar-refractivity contribution < 1.29 is 19.1 Å². The number of hydrogen-bond donors (Lipinski definition) is 0. The second-order valence-electron chi connectivity index (χ2n) is 8.34. The highest BCUT2D eigenvalue weighted by molar-refractivity contribution is 8.10. The van der Waals surface area contributed by atoms with Crippen LogP contribution in [-0.4, -0.2) is 104 Å². The van der Waals surface area contributed by atoms with E-state index in [0.717, 1.165) is 33.5 Å². The van der Waals surface area contributed by atoms with E-state index in [2.05, 4.69) is 72.0 Å². The zero-order valence-corrected chi connectivity index (χ0v) is 26.4. The van der Waals surface area contributed by atoms with Crippen LogP contribution in [0.25, 0.3) is 0 Å². The lowest BCUT2D eigenvalue weighted by atomic mass is 10.4. The SMILES string of the molecule is C=C(C)C(=O)OCCSCC1CSC(CSCC2CSC(CSCCOC(=O)C(=C)C)CS2)CS1. The van der Waals surface area contributed by atoms with E-state index in [4.69, 9.17) is 9.47 Å². The van der Waals surface area contributed by atoms with Crippen molar-refractivity contribution in [3.05, 3.63) is 24.3 Å². The summed E-state index contributed by atoms with van der Waals surface area (Å²) in [7, 11) is 0. The van der Waals surface area contributed by atoms with Crippen molar-refractivity contribution in [2.75, 3.05) is 70.7 Å². The van der Waals surface area contributed by atoms with Crippen LogP contribution in [0.1, 0.15) is 13.8 Å². The van der Waals surface area contributed by atoms with Crippen molar-refractivity contribution in [3.63, 3.8) is 0 Å². The van der Waals surface area contributed by atoms with Gasteiger partial charge in [-0.1, -0.05) is 13.2 Å².